The van der Waals surface area contributed by atoms with Crippen LogP contribution in [-0.4, -0.2) is 69.2 Å². The van der Waals surface area contributed by atoms with E-state index in [9.17, 15) is 18.0 Å². The largest absolute Gasteiger partial charge is 0.355 e. The first-order valence-corrected chi connectivity index (χ1v) is 12.0. The van der Waals surface area contributed by atoms with Gasteiger partial charge in [-0.3, -0.25) is 14.5 Å². The van der Waals surface area contributed by atoms with Crippen molar-refractivity contribution in [1.82, 2.24) is 14.5 Å². The highest BCUT2D eigenvalue weighted by Gasteiger charge is 2.31. The Hall–Kier alpha value is -2.75. The molecular formula is C23H30N4O4S. The van der Waals surface area contributed by atoms with Gasteiger partial charge in [-0.15, -0.1) is 0 Å². The summed E-state index contributed by atoms with van der Waals surface area (Å²) >= 11 is 0. The first kappa shape index (κ1) is 23.9. The SMILES string of the molecule is CNC(=O)c1ccc(NC(=O)CN2CCN(S(=O)(=O)c3c(C)cc(C)cc3C)CC2)cc1. The van der Waals surface area contributed by atoms with E-state index >= 15 is 0 Å². The molecule has 1 aliphatic rings. The minimum absolute atomic E-state index is 0.174. The van der Waals surface area contributed by atoms with E-state index in [1.165, 1.54) is 4.31 Å². The number of rotatable bonds is 6. The Kier molecular flexibility index (Phi) is 7.33. The van der Waals surface area contributed by atoms with Crippen LogP contribution in [0.15, 0.2) is 41.3 Å². The summed E-state index contributed by atoms with van der Waals surface area (Å²) < 4.78 is 27.9. The van der Waals surface area contributed by atoms with Crippen LogP contribution in [0, 0.1) is 20.8 Å². The lowest BCUT2D eigenvalue weighted by Crippen LogP contribution is -2.50. The van der Waals surface area contributed by atoms with Gasteiger partial charge in [-0.05, 0) is 56.2 Å². The van der Waals surface area contributed by atoms with Crippen LogP contribution in [0.3, 0.4) is 0 Å². The third kappa shape index (κ3) is 5.35. The minimum atomic E-state index is -3.58. The maximum Gasteiger partial charge on any atom is 0.251 e. The number of carbonyl (C=O) groups is 2. The average molecular weight is 459 g/mol. The lowest BCUT2D eigenvalue weighted by molar-refractivity contribution is -0.117. The fraction of sp³-hybridized carbons (Fsp3) is 0.391. The third-order valence-corrected chi connectivity index (χ3v) is 7.76. The number of hydrogen-bond donors (Lipinski definition) is 2. The summed E-state index contributed by atoms with van der Waals surface area (Å²) in [6.07, 6.45) is 0. The van der Waals surface area contributed by atoms with Crippen LogP contribution in [0.4, 0.5) is 5.69 Å². The molecule has 2 amide bonds. The number of anilines is 1. The molecule has 1 aliphatic heterocycles. The number of nitrogens with one attached hydrogen (secondary N) is 2. The molecule has 2 aromatic carbocycles. The van der Waals surface area contributed by atoms with Gasteiger partial charge in [0.1, 0.15) is 0 Å². The molecule has 2 aromatic rings. The van der Waals surface area contributed by atoms with Crippen molar-refractivity contribution in [1.29, 1.82) is 0 Å². The number of sulfonamides is 1. The van der Waals surface area contributed by atoms with Crippen LogP contribution in [0.1, 0.15) is 27.0 Å². The summed E-state index contributed by atoms with van der Waals surface area (Å²) in [6.45, 7) is 7.42. The predicted molar refractivity (Wildman–Crippen MR) is 124 cm³/mol. The van der Waals surface area contributed by atoms with Crippen molar-refractivity contribution in [3.8, 4) is 0 Å². The fourth-order valence-corrected chi connectivity index (χ4v) is 5.92. The number of piperazine rings is 1. The van der Waals surface area contributed by atoms with Crippen molar-refractivity contribution in [2.75, 3.05) is 45.1 Å². The first-order chi connectivity index (χ1) is 15.1. The molecule has 1 fully saturated rings. The molecule has 0 unspecified atom stereocenters. The van der Waals surface area contributed by atoms with E-state index in [0.717, 1.165) is 16.7 Å². The number of benzene rings is 2. The van der Waals surface area contributed by atoms with Gasteiger partial charge in [-0.1, -0.05) is 17.7 Å². The van der Waals surface area contributed by atoms with Crippen LogP contribution < -0.4 is 10.6 Å². The zero-order valence-corrected chi connectivity index (χ0v) is 19.8. The number of carbonyl (C=O) groups excluding carboxylic acids is 2. The minimum Gasteiger partial charge on any atom is -0.355 e. The van der Waals surface area contributed by atoms with Gasteiger partial charge in [0.15, 0.2) is 0 Å². The molecule has 0 radical (unpaired) electrons. The van der Waals surface area contributed by atoms with Gasteiger partial charge in [0, 0.05) is 44.5 Å². The van der Waals surface area contributed by atoms with E-state index in [1.54, 1.807) is 31.3 Å². The normalized spacial score (nSPS) is 15.4. The summed E-state index contributed by atoms with van der Waals surface area (Å²) in [4.78, 5) is 26.3. The van der Waals surface area contributed by atoms with Gasteiger partial charge in [0.25, 0.3) is 5.91 Å². The number of amides is 2. The highest BCUT2D eigenvalue weighted by atomic mass is 32.2. The highest BCUT2D eigenvalue weighted by molar-refractivity contribution is 7.89. The van der Waals surface area contributed by atoms with Gasteiger partial charge in [0.05, 0.1) is 11.4 Å². The van der Waals surface area contributed by atoms with Gasteiger partial charge < -0.3 is 10.6 Å². The monoisotopic (exact) mass is 458 g/mol. The van der Waals surface area contributed by atoms with Gasteiger partial charge in [-0.2, -0.15) is 4.31 Å². The van der Waals surface area contributed by atoms with Crippen LogP contribution >= 0.6 is 0 Å². The molecule has 0 aromatic heterocycles. The van der Waals surface area contributed by atoms with Crippen molar-refractivity contribution in [2.45, 2.75) is 25.7 Å². The van der Waals surface area contributed by atoms with E-state index in [-0.39, 0.29) is 18.4 Å². The Morgan fingerprint density at radius 2 is 1.50 bits per heavy atom. The summed E-state index contributed by atoms with van der Waals surface area (Å²) in [5.41, 5.74) is 3.67. The second-order valence-electron chi connectivity index (χ2n) is 8.11. The van der Waals surface area contributed by atoms with Crippen molar-refractivity contribution >= 4 is 27.5 Å². The molecule has 9 heteroatoms. The van der Waals surface area contributed by atoms with E-state index in [0.29, 0.717) is 42.3 Å². The molecule has 8 nitrogen and oxygen atoms in total. The van der Waals surface area contributed by atoms with E-state index in [4.69, 9.17) is 0 Å². The Morgan fingerprint density at radius 3 is 2.03 bits per heavy atom. The second kappa shape index (κ2) is 9.81. The Bertz CT molecular complexity index is 1080. The lowest BCUT2D eigenvalue weighted by atomic mass is 10.1. The van der Waals surface area contributed by atoms with E-state index in [2.05, 4.69) is 10.6 Å². The molecule has 0 saturated carbocycles. The molecule has 2 N–H and O–H groups in total. The maximum atomic E-state index is 13.2. The zero-order chi connectivity index (χ0) is 23.5. The summed E-state index contributed by atoms with van der Waals surface area (Å²) in [6, 6.07) is 10.4. The van der Waals surface area contributed by atoms with Gasteiger partial charge in [0.2, 0.25) is 15.9 Å². The van der Waals surface area contributed by atoms with E-state index < -0.39 is 10.0 Å². The average Bonchev–Trinajstić information content (AvgIpc) is 2.73. The Balaban J connectivity index is 1.57. The third-order valence-electron chi connectivity index (χ3n) is 5.56. The second-order valence-corrected chi connectivity index (χ2v) is 9.99. The zero-order valence-electron chi connectivity index (χ0n) is 18.9. The molecule has 0 spiro atoms. The van der Waals surface area contributed by atoms with Crippen molar-refractivity contribution in [2.24, 2.45) is 0 Å². The van der Waals surface area contributed by atoms with Gasteiger partial charge in [-0.25, -0.2) is 8.42 Å². The lowest BCUT2D eigenvalue weighted by Gasteiger charge is -2.34. The number of hydrogen-bond acceptors (Lipinski definition) is 5. The first-order valence-electron chi connectivity index (χ1n) is 10.5. The summed E-state index contributed by atoms with van der Waals surface area (Å²) in [7, 11) is -2.02. The molecule has 3 rings (SSSR count). The van der Waals surface area contributed by atoms with Crippen LogP contribution in [0.2, 0.25) is 0 Å². The van der Waals surface area contributed by atoms with Gasteiger partial charge >= 0.3 is 0 Å². The standard InChI is InChI=1S/C23H30N4O4S/c1-16-13-17(2)22(18(3)14-16)32(30,31)27-11-9-26(10-12-27)15-21(28)25-20-7-5-19(6-8-20)23(29)24-4/h5-8,13-14H,9-12,15H2,1-4H3,(H,24,29)(H,25,28). The predicted octanol–water partition coefficient (Wildman–Crippen LogP) is 1.92. The van der Waals surface area contributed by atoms with E-state index in [1.807, 2.05) is 37.8 Å². The fourth-order valence-electron chi connectivity index (χ4n) is 4.08. The Morgan fingerprint density at radius 1 is 0.938 bits per heavy atom. The molecule has 0 atom stereocenters. The van der Waals surface area contributed by atoms with Crippen LogP contribution in [-0.2, 0) is 14.8 Å². The number of aryl methyl sites for hydroxylation is 3. The van der Waals surface area contributed by atoms with Crippen LogP contribution in [0.5, 0.6) is 0 Å². The maximum absolute atomic E-state index is 13.2. The smallest absolute Gasteiger partial charge is 0.251 e. The Labute approximate surface area is 189 Å². The van der Waals surface area contributed by atoms with Crippen molar-refractivity contribution < 1.29 is 18.0 Å². The number of nitrogens with zero attached hydrogens (tertiary/aromatic N) is 2. The molecule has 1 saturated heterocycles. The quantitative estimate of drug-likeness (QED) is 0.689. The van der Waals surface area contributed by atoms with Crippen molar-refractivity contribution in [3.63, 3.8) is 0 Å². The summed E-state index contributed by atoms with van der Waals surface area (Å²) in [5.74, 6) is -0.369. The molecule has 0 bridgehead atoms. The van der Waals surface area contributed by atoms with Crippen LogP contribution in [0.25, 0.3) is 0 Å². The van der Waals surface area contributed by atoms with Crippen molar-refractivity contribution in [3.05, 3.63) is 58.7 Å². The topological polar surface area (TPSA) is 98.8 Å². The summed E-state index contributed by atoms with van der Waals surface area (Å²) in [5, 5.41) is 5.37. The molecule has 32 heavy (non-hydrogen) atoms. The molecule has 1 heterocycles. The molecule has 172 valence electrons. The molecule has 0 aliphatic carbocycles. The highest BCUT2D eigenvalue weighted by Crippen LogP contribution is 2.26. The molecular weight excluding hydrogens is 428 g/mol.